The van der Waals surface area contributed by atoms with Crippen molar-refractivity contribution in [2.45, 2.75) is 25.9 Å². The second kappa shape index (κ2) is 4.82. The van der Waals surface area contributed by atoms with Crippen molar-refractivity contribution in [1.29, 1.82) is 0 Å². The van der Waals surface area contributed by atoms with Gasteiger partial charge in [-0.3, -0.25) is 0 Å². The van der Waals surface area contributed by atoms with Crippen molar-refractivity contribution < 1.29 is 14.6 Å². The Labute approximate surface area is 119 Å². The van der Waals surface area contributed by atoms with E-state index in [-0.39, 0.29) is 6.61 Å². The normalized spacial score (nSPS) is 25.4. The fraction of sp³-hybridized carbons (Fsp3) is 0.600. The highest BCUT2D eigenvalue weighted by Gasteiger charge is 2.37. The molecule has 1 unspecified atom stereocenters. The van der Waals surface area contributed by atoms with Crippen molar-refractivity contribution in [3.05, 3.63) is 17.2 Å². The topological polar surface area (TPSA) is 68.0 Å². The molecule has 0 radical (unpaired) electrons. The molecule has 3 N–H and O–H groups in total. The van der Waals surface area contributed by atoms with Gasteiger partial charge >= 0.3 is 0 Å². The number of nitrogens with two attached hydrogens (primary N) is 1. The van der Waals surface area contributed by atoms with Gasteiger partial charge in [0.15, 0.2) is 0 Å². The molecule has 2 heterocycles. The summed E-state index contributed by atoms with van der Waals surface area (Å²) in [7, 11) is 0. The van der Waals surface area contributed by atoms with Crippen LogP contribution in [-0.2, 0) is 11.2 Å². The Morgan fingerprint density at radius 2 is 2.10 bits per heavy atom. The van der Waals surface area contributed by atoms with Gasteiger partial charge in [0.25, 0.3) is 0 Å². The van der Waals surface area contributed by atoms with Gasteiger partial charge in [0.05, 0.1) is 31.2 Å². The van der Waals surface area contributed by atoms with Crippen molar-refractivity contribution in [2.24, 2.45) is 0 Å². The van der Waals surface area contributed by atoms with Crippen LogP contribution in [0.4, 0.5) is 11.4 Å². The van der Waals surface area contributed by atoms with Gasteiger partial charge in [-0.15, -0.1) is 0 Å². The Hall–Kier alpha value is -1.46. The molecule has 0 saturated carbocycles. The van der Waals surface area contributed by atoms with Gasteiger partial charge in [0, 0.05) is 30.6 Å². The van der Waals surface area contributed by atoms with Crippen LogP contribution in [0, 0.1) is 6.92 Å². The molecule has 0 amide bonds. The largest absolute Gasteiger partial charge is 0.484 e. The summed E-state index contributed by atoms with van der Waals surface area (Å²) in [5.74, 6) is 0.886. The van der Waals surface area contributed by atoms with Crippen LogP contribution >= 0.6 is 0 Å². The number of rotatable bonds is 2. The molecular formula is C15H22N2O3. The lowest BCUT2D eigenvalue weighted by molar-refractivity contribution is 0.0442. The number of hydrogen-bond donors (Lipinski definition) is 2. The quantitative estimate of drug-likeness (QED) is 0.793. The van der Waals surface area contributed by atoms with Crippen LogP contribution in [0.3, 0.4) is 0 Å². The second-order valence-electron chi connectivity index (χ2n) is 5.91. The van der Waals surface area contributed by atoms with Gasteiger partial charge in [0.2, 0.25) is 0 Å². The highest BCUT2D eigenvalue weighted by atomic mass is 16.5. The third-order valence-electron chi connectivity index (χ3n) is 4.17. The Bertz CT molecular complexity index is 526. The second-order valence-corrected chi connectivity index (χ2v) is 5.91. The van der Waals surface area contributed by atoms with Gasteiger partial charge in [-0.1, -0.05) is 0 Å². The van der Waals surface area contributed by atoms with Crippen molar-refractivity contribution >= 4 is 11.4 Å². The van der Waals surface area contributed by atoms with Gasteiger partial charge in [-0.05, 0) is 19.9 Å². The maximum Gasteiger partial charge on any atom is 0.133 e. The van der Waals surface area contributed by atoms with Crippen molar-refractivity contribution in [2.75, 3.05) is 43.5 Å². The number of nitrogens with zero attached hydrogens (tertiary/aromatic N) is 1. The Morgan fingerprint density at radius 1 is 1.40 bits per heavy atom. The smallest absolute Gasteiger partial charge is 0.133 e. The summed E-state index contributed by atoms with van der Waals surface area (Å²) < 4.78 is 11.4. The molecule has 1 aromatic carbocycles. The van der Waals surface area contributed by atoms with Crippen LogP contribution in [-0.4, -0.2) is 43.6 Å². The van der Waals surface area contributed by atoms with E-state index in [4.69, 9.17) is 15.2 Å². The predicted molar refractivity (Wildman–Crippen MR) is 78.4 cm³/mol. The molecule has 1 atom stereocenters. The molecule has 1 saturated heterocycles. The minimum atomic E-state index is -0.525. The van der Waals surface area contributed by atoms with Crippen molar-refractivity contribution in [3.8, 4) is 5.75 Å². The maximum absolute atomic E-state index is 9.49. The first-order chi connectivity index (χ1) is 9.54. The summed E-state index contributed by atoms with van der Waals surface area (Å²) in [4.78, 5) is 2.26. The summed E-state index contributed by atoms with van der Waals surface area (Å²) in [6.45, 7) is 7.13. The number of anilines is 2. The number of hydrogen-bond acceptors (Lipinski definition) is 5. The summed E-state index contributed by atoms with van der Waals surface area (Å²) in [5, 5.41) is 9.49. The number of ether oxygens (including phenoxy) is 2. The van der Waals surface area contributed by atoms with Gasteiger partial charge in [0.1, 0.15) is 11.4 Å². The zero-order valence-electron chi connectivity index (χ0n) is 12.1. The average Bonchev–Trinajstić information content (AvgIpc) is 2.78. The van der Waals surface area contributed by atoms with Crippen molar-refractivity contribution in [1.82, 2.24) is 0 Å². The lowest BCUT2D eigenvalue weighted by Gasteiger charge is -2.32. The molecule has 20 heavy (non-hydrogen) atoms. The fourth-order valence-corrected chi connectivity index (χ4v) is 3.14. The molecule has 3 rings (SSSR count). The van der Waals surface area contributed by atoms with Crippen LogP contribution in [0.25, 0.3) is 0 Å². The monoisotopic (exact) mass is 278 g/mol. The summed E-state index contributed by atoms with van der Waals surface area (Å²) in [6, 6.07) is 1.99. The van der Waals surface area contributed by atoms with Crippen LogP contribution < -0.4 is 15.4 Å². The van der Waals surface area contributed by atoms with E-state index in [1.165, 1.54) is 0 Å². The lowest BCUT2D eigenvalue weighted by Crippen LogP contribution is -2.37. The van der Waals surface area contributed by atoms with E-state index in [0.29, 0.717) is 6.42 Å². The molecule has 0 bridgehead atoms. The SMILES string of the molecule is Cc1c2c(cc(N)c1N1CCOCC1)CC(C)(CO)O2. The van der Waals surface area contributed by atoms with E-state index in [1.807, 2.05) is 19.9 Å². The third kappa shape index (κ3) is 2.11. The van der Waals surface area contributed by atoms with E-state index in [1.54, 1.807) is 0 Å². The molecule has 2 aliphatic rings. The molecule has 0 aliphatic carbocycles. The molecule has 110 valence electrons. The van der Waals surface area contributed by atoms with E-state index < -0.39 is 5.60 Å². The van der Waals surface area contributed by atoms with E-state index in [9.17, 15) is 5.11 Å². The van der Waals surface area contributed by atoms with Crippen LogP contribution in [0.2, 0.25) is 0 Å². The number of aliphatic hydroxyl groups excluding tert-OH is 1. The minimum absolute atomic E-state index is 0.00785. The molecule has 0 spiro atoms. The van der Waals surface area contributed by atoms with Crippen LogP contribution in [0.1, 0.15) is 18.1 Å². The van der Waals surface area contributed by atoms with E-state index in [2.05, 4.69) is 4.90 Å². The standard InChI is InChI=1S/C15H22N2O3/c1-10-13(17-3-5-19-6-4-17)12(16)7-11-8-15(2,9-18)20-14(10)11/h7,18H,3-6,8-9,16H2,1-2H3. The van der Waals surface area contributed by atoms with Gasteiger partial charge in [-0.25, -0.2) is 0 Å². The first-order valence-electron chi connectivity index (χ1n) is 7.08. The molecule has 5 heteroatoms. The Balaban J connectivity index is 2.00. The number of nitrogen functional groups attached to an aromatic ring is 1. The molecule has 1 fully saturated rings. The van der Waals surface area contributed by atoms with E-state index in [0.717, 1.165) is 54.6 Å². The van der Waals surface area contributed by atoms with E-state index >= 15 is 0 Å². The average molecular weight is 278 g/mol. The molecule has 5 nitrogen and oxygen atoms in total. The number of benzene rings is 1. The van der Waals surface area contributed by atoms with Crippen LogP contribution in [0.15, 0.2) is 6.07 Å². The summed E-state index contributed by atoms with van der Waals surface area (Å²) in [5.41, 5.74) is 9.73. The van der Waals surface area contributed by atoms with Gasteiger partial charge in [-0.2, -0.15) is 0 Å². The zero-order valence-corrected chi connectivity index (χ0v) is 12.1. The Kier molecular flexibility index (Phi) is 3.26. The predicted octanol–water partition coefficient (Wildman–Crippen LogP) is 1.10. The first-order valence-corrected chi connectivity index (χ1v) is 7.08. The Morgan fingerprint density at radius 3 is 2.75 bits per heavy atom. The fourth-order valence-electron chi connectivity index (χ4n) is 3.14. The van der Waals surface area contributed by atoms with Gasteiger partial charge < -0.3 is 25.2 Å². The zero-order chi connectivity index (χ0) is 14.3. The molecule has 2 aliphatic heterocycles. The molecule has 0 aromatic heterocycles. The molecule has 1 aromatic rings. The van der Waals surface area contributed by atoms with Crippen molar-refractivity contribution in [3.63, 3.8) is 0 Å². The summed E-state index contributed by atoms with van der Waals surface area (Å²) >= 11 is 0. The highest BCUT2D eigenvalue weighted by molar-refractivity contribution is 5.77. The molecular weight excluding hydrogens is 256 g/mol. The number of fused-ring (bicyclic) bond motifs is 1. The summed E-state index contributed by atoms with van der Waals surface area (Å²) in [6.07, 6.45) is 0.702. The third-order valence-corrected chi connectivity index (χ3v) is 4.17. The van der Waals surface area contributed by atoms with Crippen LogP contribution in [0.5, 0.6) is 5.75 Å². The number of aliphatic hydroxyl groups is 1. The minimum Gasteiger partial charge on any atom is -0.484 e. The maximum atomic E-state index is 9.49. The first kappa shape index (κ1) is 13.5. The lowest BCUT2D eigenvalue weighted by atomic mass is 9.98. The highest BCUT2D eigenvalue weighted by Crippen LogP contribution is 2.44. The number of morpholine rings is 1.